The summed E-state index contributed by atoms with van der Waals surface area (Å²) in [6, 6.07) is 7.35. The Bertz CT molecular complexity index is 737. The van der Waals surface area contributed by atoms with Gasteiger partial charge in [0.1, 0.15) is 16.6 Å². The maximum Gasteiger partial charge on any atom is 0.256 e. The van der Waals surface area contributed by atoms with Crippen molar-refractivity contribution in [3.05, 3.63) is 63.6 Å². The second-order valence-corrected chi connectivity index (χ2v) is 5.43. The third kappa shape index (κ3) is 3.62. The van der Waals surface area contributed by atoms with Crippen LogP contribution >= 0.6 is 28.1 Å². The molecule has 0 radical (unpaired) electrons. The van der Waals surface area contributed by atoms with Crippen LogP contribution in [0.25, 0.3) is 0 Å². The maximum absolute atomic E-state index is 13.2. The van der Waals surface area contributed by atoms with Crippen LogP contribution in [0.3, 0.4) is 0 Å². The van der Waals surface area contributed by atoms with E-state index in [9.17, 15) is 13.6 Å². The molecule has 2 aromatic carbocycles. The van der Waals surface area contributed by atoms with Gasteiger partial charge < -0.3 is 11.1 Å². The van der Waals surface area contributed by atoms with Gasteiger partial charge in [-0.25, -0.2) is 8.78 Å². The van der Waals surface area contributed by atoms with E-state index in [-0.39, 0.29) is 21.8 Å². The molecule has 0 spiro atoms. The molecule has 0 saturated carbocycles. The maximum atomic E-state index is 13.2. The zero-order valence-electron chi connectivity index (χ0n) is 10.5. The van der Waals surface area contributed by atoms with Crippen molar-refractivity contribution in [1.82, 2.24) is 0 Å². The van der Waals surface area contributed by atoms with Crippen LogP contribution in [0, 0.1) is 11.6 Å². The van der Waals surface area contributed by atoms with Crippen LogP contribution in [0.2, 0.25) is 0 Å². The van der Waals surface area contributed by atoms with E-state index in [2.05, 4.69) is 21.2 Å². The topological polar surface area (TPSA) is 55.1 Å². The highest BCUT2D eigenvalue weighted by atomic mass is 79.9. The van der Waals surface area contributed by atoms with Crippen molar-refractivity contribution < 1.29 is 13.6 Å². The number of hydrogen-bond donors (Lipinski definition) is 2. The van der Waals surface area contributed by atoms with Gasteiger partial charge in [0.15, 0.2) is 0 Å². The quantitative estimate of drug-likeness (QED) is 0.811. The SMILES string of the molecule is NC(=S)c1cc(F)ccc1NC(=O)c1ccc(F)cc1Br. The van der Waals surface area contributed by atoms with Crippen molar-refractivity contribution in [1.29, 1.82) is 0 Å². The smallest absolute Gasteiger partial charge is 0.256 e. The van der Waals surface area contributed by atoms with Crippen LogP contribution < -0.4 is 11.1 Å². The second-order valence-electron chi connectivity index (χ2n) is 4.13. The summed E-state index contributed by atoms with van der Waals surface area (Å²) in [6.45, 7) is 0. The van der Waals surface area contributed by atoms with Crippen molar-refractivity contribution in [2.24, 2.45) is 5.73 Å². The lowest BCUT2D eigenvalue weighted by molar-refractivity contribution is 0.102. The molecule has 0 aromatic heterocycles. The fraction of sp³-hybridized carbons (Fsp3) is 0. The Hall–Kier alpha value is -1.86. The van der Waals surface area contributed by atoms with Crippen molar-refractivity contribution in [2.75, 3.05) is 5.32 Å². The monoisotopic (exact) mass is 370 g/mol. The number of amides is 1. The number of halogens is 3. The minimum absolute atomic E-state index is 0.0389. The summed E-state index contributed by atoms with van der Waals surface area (Å²) in [5.41, 5.74) is 6.23. The molecule has 0 heterocycles. The fourth-order valence-corrected chi connectivity index (χ4v) is 2.39. The number of thiocarbonyl (C=S) groups is 1. The number of rotatable bonds is 3. The number of benzene rings is 2. The highest BCUT2D eigenvalue weighted by molar-refractivity contribution is 9.10. The number of nitrogens with one attached hydrogen (secondary N) is 1. The number of carbonyl (C=O) groups is 1. The van der Waals surface area contributed by atoms with Crippen LogP contribution in [0.1, 0.15) is 15.9 Å². The number of nitrogens with two attached hydrogens (primary N) is 1. The Balaban J connectivity index is 2.34. The minimum atomic E-state index is -0.515. The van der Waals surface area contributed by atoms with Crippen molar-refractivity contribution in [2.45, 2.75) is 0 Å². The zero-order chi connectivity index (χ0) is 15.6. The van der Waals surface area contributed by atoms with Gasteiger partial charge in [-0.3, -0.25) is 4.79 Å². The molecule has 2 aromatic rings. The standard InChI is InChI=1S/C14H9BrF2N2OS/c15-11-6-8(17)1-3-9(11)14(20)19-12-4-2-7(16)5-10(12)13(18)21/h1-6H,(H2,18,21)(H,19,20). The molecule has 108 valence electrons. The molecule has 7 heteroatoms. The van der Waals surface area contributed by atoms with E-state index in [1.807, 2.05) is 0 Å². The number of carbonyl (C=O) groups excluding carboxylic acids is 1. The Morgan fingerprint density at radius 3 is 2.33 bits per heavy atom. The van der Waals surface area contributed by atoms with E-state index in [0.29, 0.717) is 4.47 Å². The Labute approximate surface area is 133 Å². The first-order chi connectivity index (χ1) is 9.88. The van der Waals surface area contributed by atoms with Crippen LogP contribution in [0.15, 0.2) is 40.9 Å². The summed E-state index contributed by atoms with van der Waals surface area (Å²) >= 11 is 7.93. The van der Waals surface area contributed by atoms with E-state index < -0.39 is 17.5 Å². The summed E-state index contributed by atoms with van der Waals surface area (Å²) in [6.07, 6.45) is 0. The predicted molar refractivity (Wildman–Crippen MR) is 84.3 cm³/mol. The van der Waals surface area contributed by atoms with Crippen molar-refractivity contribution in [3.63, 3.8) is 0 Å². The first-order valence-corrected chi connectivity index (χ1v) is 6.94. The molecule has 2 rings (SSSR count). The summed E-state index contributed by atoms with van der Waals surface area (Å²) in [7, 11) is 0. The lowest BCUT2D eigenvalue weighted by atomic mass is 10.1. The van der Waals surface area contributed by atoms with Crippen LogP contribution in [-0.4, -0.2) is 10.9 Å². The average Bonchev–Trinajstić information content (AvgIpc) is 2.40. The third-order valence-corrected chi connectivity index (χ3v) is 3.55. The van der Waals surface area contributed by atoms with E-state index >= 15 is 0 Å². The van der Waals surface area contributed by atoms with Gasteiger partial charge in [-0.15, -0.1) is 0 Å². The van der Waals surface area contributed by atoms with Crippen LogP contribution in [0.4, 0.5) is 14.5 Å². The average molecular weight is 371 g/mol. The number of anilines is 1. The molecule has 3 nitrogen and oxygen atoms in total. The molecule has 0 bridgehead atoms. The molecule has 0 aliphatic carbocycles. The van der Waals surface area contributed by atoms with Gasteiger partial charge in [-0.2, -0.15) is 0 Å². The molecule has 0 aliphatic heterocycles. The molecule has 1 amide bonds. The third-order valence-electron chi connectivity index (χ3n) is 2.67. The molecule has 0 fully saturated rings. The lowest BCUT2D eigenvalue weighted by Gasteiger charge is -2.11. The van der Waals surface area contributed by atoms with Gasteiger partial charge in [0.2, 0.25) is 0 Å². The molecule has 0 unspecified atom stereocenters. The van der Waals surface area contributed by atoms with Gasteiger partial charge >= 0.3 is 0 Å². The number of hydrogen-bond acceptors (Lipinski definition) is 2. The highest BCUT2D eigenvalue weighted by Gasteiger charge is 2.14. The van der Waals surface area contributed by atoms with E-state index in [0.717, 1.165) is 6.07 Å². The Morgan fingerprint density at radius 2 is 1.71 bits per heavy atom. The van der Waals surface area contributed by atoms with E-state index in [1.54, 1.807) is 0 Å². The molecule has 0 atom stereocenters. The first-order valence-electron chi connectivity index (χ1n) is 5.74. The van der Waals surface area contributed by atoms with Gasteiger partial charge in [0.05, 0.1) is 11.3 Å². The summed E-state index contributed by atoms with van der Waals surface area (Å²) in [4.78, 5) is 12.1. The highest BCUT2D eigenvalue weighted by Crippen LogP contribution is 2.22. The van der Waals surface area contributed by atoms with Crippen LogP contribution in [0.5, 0.6) is 0 Å². The minimum Gasteiger partial charge on any atom is -0.389 e. The molecule has 3 N–H and O–H groups in total. The Kier molecular flexibility index (Phi) is 4.64. The molecular weight excluding hydrogens is 362 g/mol. The summed E-state index contributed by atoms with van der Waals surface area (Å²) < 4.78 is 26.5. The normalized spacial score (nSPS) is 10.2. The lowest BCUT2D eigenvalue weighted by Crippen LogP contribution is -2.18. The van der Waals surface area contributed by atoms with Gasteiger partial charge in [0, 0.05) is 10.0 Å². The fourth-order valence-electron chi connectivity index (χ4n) is 1.69. The van der Waals surface area contributed by atoms with Gasteiger partial charge in [-0.05, 0) is 52.3 Å². The van der Waals surface area contributed by atoms with Crippen molar-refractivity contribution >= 4 is 44.7 Å². The Morgan fingerprint density at radius 1 is 1.10 bits per heavy atom. The molecule has 0 aliphatic rings. The van der Waals surface area contributed by atoms with Gasteiger partial charge in [0.25, 0.3) is 5.91 Å². The van der Waals surface area contributed by atoms with E-state index in [1.165, 1.54) is 30.3 Å². The molecular formula is C14H9BrF2N2OS. The summed E-state index contributed by atoms with van der Waals surface area (Å²) in [5.74, 6) is -1.48. The summed E-state index contributed by atoms with van der Waals surface area (Å²) in [5, 5.41) is 2.57. The van der Waals surface area contributed by atoms with E-state index in [4.69, 9.17) is 18.0 Å². The predicted octanol–water partition coefficient (Wildman–Crippen LogP) is 3.61. The second kappa shape index (κ2) is 6.28. The molecule has 21 heavy (non-hydrogen) atoms. The largest absolute Gasteiger partial charge is 0.389 e. The van der Waals surface area contributed by atoms with Crippen molar-refractivity contribution in [3.8, 4) is 0 Å². The molecule has 0 saturated heterocycles. The van der Waals surface area contributed by atoms with Crippen LogP contribution in [-0.2, 0) is 0 Å². The van der Waals surface area contributed by atoms with Gasteiger partial charge in [-0.1, -0.05) is 12.2 Å². The zero-order valence-corrected chi connectivity index (χ0v) is 12.9. The first kappa shape index (κ1) is 15.5.